The molecular weight excluding hydrogens is 264 g/mol. The Labute approximate surface area is 124 Å². The van der Waals surface area contributed by atoms with Crippen molar-refractivity contribution in [2.45, 2.75) is 39.2 Å². The van der Waals surface area contributed by atoms with Gasteiger partial charge in [0.25, 0.3) is 0 Å². The van der Waals surface area contributed by atoms with Crippen molar-refractivity contribution in [2.75, 3.05) is 11.9 Å². The number of nitrogens with zero attached hydrogens (tertiary/aromatic N) is 3. The third-order valence-corrected chi connectivity index (χ3v) is 3.85. The van der Waals surface area contributed by atoms with Crippen molar-refractivity contribution in [1.29, 1.82) is 0 Å². The van der Waals surface area contributed by atoms with E-state index in [0.29, 0.717) is 6.42 Å². The molecule has 5 heteroatoms. The normalized spacial score (nSPS) is 13.9. The molecular formula is C16H20N4O. The number of nitrogens with one attached hydrogen (secondary N) is 1. The maximum atomic E-state index is 12.6. The summed E-state index contributed by atoms with van der Waals surface area (Å²) in [5, 5.41) is 7.55. The molecule has 0 saturated heterocycles. The fourth-order valence-electron chi connectivity index (χ4n) is 2.84. The van der Waals surface area contributed by atoms with E-state index in [-0.39, 0.29) is 11.8 Å². The first kappa shape index (κ1) is 13.8. The van der Waals surface area contributed by atoms with E-state index in [1.54, 1.807) is 0 Å². The molecule has 3 rings (SSSR count). The minimum atomic E-state index is 0.116. The quantitative estimate of drug-likeness (QED) is 0.877. The second-order valence-corrected chi connectivity index (χ2v) is 5.68. The SMILES string of the molecule is CC(C)n1ncnc1CC(=O)c1cccc2c1CCCN2. The third-order valence-electron chi connectivity index (χ3n) is 3.85. The lowest BCUT2D eigenvalue weighted by atomic mass is 9.94. The molecule has 1 aliphatic heterocycles. The Hall–Kier alpha value is -2.17. The van der Waals surface area contributed by atoms with Gasteiger partial charge in [-0.3, -0.25) is 4.79 Å². The van der Waals surface area contributed by atoms with Gasteiger partial charge in [-0.25, -0.2) is 9.67 Å². The Balaban J connectivity index is 1.88. The number of hydrogen-bond acceptors (Lipinski definition) is 4. The average Bonchev–Trinajstić information content (AvgIpc) is 2.95. The van der Waals surface area contributed by atoms with Crippen molar-refractivity contribution in [2.24, 2.45) is 0 Å². The number of anilines is 1. The van der Waals surface area contributed by atoms with Crippen LogP contribution in [0.1, 0.15) is 48.1 Å². The van der Waals surface area contributed by atoms with Crippen molar-refractivity contribution in [1.82, 2.24) is 14.8 Å². The van der Waals surface area contributed by atoms with Crippen LogP contribution in [0.25, 0.3) is 0 Å². The lowest BCUT2D eigenvalue weighted by Crippen LogP contribution is -2.18. The average molecular weight is 284 g/mol. The van der Waals surface area contributed by atoms with Crippen LogP contribution in [0.4, 0.5) is 5.69 Å². The summed E-state index contributed by atoms with van der Waals surface area (Å²) < 4.78 is 1.81. The molecule has 110 valence electrons. The van der Waals surface area contributed by atoms with Crippen molar-refractivity contribution >= 4 is 11.5 Å². The molecule has 0 radical (unpaired) electrons. The van der Waals surface area contributed by atoms with Gasteiger partial charge in [-0.05, 0) is 38.3 Å². The fourth-order valence-corrected chi connectivity index (χ4v) is 2.84. The molecule has 2 heterocycles. The highest BCUT2D eigenvalue weighted by atomic mass is 16.1. The summed E-state index contributed by atoms with van der Waals surface area (Å²) in [5.74, 6) is 0.849. The third kappa shape index (κ3) is 2.68. The Bertz CT molecular complexity index is 660. The van der Waals surface area contributed by atoms with Crippen LogP contribution < -0.4 is 5.32 Å². The molecule has 1 N–H and O–H groups in total. The Morgan fingerprint density at radius 3 is 3.10 bits per heavy atom. The lowest BCUT2D eigenvalue weighted by Gasteiger charge is -2.20. The molecule has 0 saturated carbocycles. The predicted octanol–water partition coefficient (Wildman–Crippen LogP) is 2.64. The van der Waals surface area contributed by atoms with Crippen molar-refractivity contribution in [3.8, 4) is 0 Å². The second kappa shape index (κ2) is 5.68. The van der Waals surface area contributed by atoms with Gasteiger partial charge in [0.05, 0.1) is 6.42 Å². The summed E-state index contributed by atoms with van der Waals surface area (Å²) in [4.78, 5) is 16.9. The molecule has 0 bridgehead atoms. The van der Waals surface area contributed by atoms with Crippen molar-refractivity contribution < 1.29 is 4.79 Å². The first-order valence-corrected chi connectivity index (χ1v) is 7.44. The Kier molecular flexibility index (Phi) is 3.73. The molecule has 1 aliphatic rings. The first-order chi connectivity index (χ1) is 10.2. The molecule has 21 heavy (non-hydrogen) atoms. The number of Topliss-reactive ketones (excluding diaryl/α,β-unsaturated/α-hetero) is 1. The van der Waals surface area contributed by atoms with Gasteiger partial charge in [0.15, 0.2) is 5.78 Å². The number of hydrogen-bond donors (Lipinski definition) is 1. The van der Waals surface area contributed by atoms with E-state index in [4.69, 9.17) is 0 Å². The molecule has 0 aliphatic carbocycles. The highest BCUT2D eigenvalue weighted by Gasteiger charge is 2.19. The number of carbonyl (C=O) groups excluding carboxylic acids is 1. The second-order valence-electron chi connectivity index (χ2n) is 5.68. The summed E-state index contributed by atoms with van der Waals surface area (Å²) in [6.45, 7) is 5.06. The minimum Gasteiger partial charge on any atom is -0.385 e. The molecule has 0 spiro atoms. The summed E-state index contributed by atoms with van der Waals surface area (Å²) in [6, 6.07) is 6.12. The highest BCUT2D eigenvalue weighted by Crippen LogP contribution is 2.26. The monoisotopic (exact) mass is 284 g/mol. The molecule has 1 aromatic carbocycles. The Morgan fingerprint density at radius 1 is 1.43 bits per heavy atom. The van der Waals surface area contributed by atoms with E-state index in [9.17, 15) is 4.79 Å². The van der Waals surface area contributed by atoms with Crippen LogP contribution in [0, 0.1) is 0 Å². The van der Waals surface area contributed by atoms with Gasteiger partial charge in [-0.15, -0.1) is 0 Å². The fraction of sp³-hybridized carbons (Fsp3) is 0.438. The van der Waals surface area contributed by atoms with Crippen LogP contribution in [0.2, 0.25) is 0 Å². The predicted molar refractivity (Wildman–Crippen MR) is 81.7 cm³/mol. The zero-order valence-corrected chi connectivity index (χ0v) is 12.5. The zero-order valence-electron chi connectivity index (χ0n) is 12.5. The minimum absolute atomic E-state index is 0.116. The van der Waals surface area contributed by atoms with Crippen LogP contribution in [0.5, 0.6) is 0 Å². The van der Waals surface area contributed by atoms with E-state index >= 15 is 0 Å². The largest absolute Gasteiger partial charge is 0.385 e. The molecule has 0 atom stereocenters. The topological polar surface area (TPSA) is 59.8 Å². The lowest BCUT2D eigenvalue weighted by molar-refractivity contribution is 0.0988. The number of aromatic nitrogens is 3. The molecule has 0 fully saturated rings. The van der Waals surface area contributed by atoms with E-state index in [1.807, 2.05) is 36.7 Å². The van der Waals surface area contributed by atoms with Crippen LogP contribution >= 0.6 is 0 Å². The number of carbonyl (C=O) groups is 1. The van der Waals surface area contributed by atoms with E-state index in [1.165, 1.54) is 6.33 Å². The van der Waals surface area contributed by atoms with Gasteiger partial charge in [0, 0.05) is 23.8 Å². The van der Waals surface area contributed by atoms with Crippen LogP contribution in [-0.2, 0) is 12.8 Å². The number of benzene rings is 1. The van der Waals surface area contributed by atoms with Gasteiger partial charge in [0.2, 0.25) is 0 Å². The molecule has 0 amide bonds. The maximum absolute atomic E-state index is 12.6. The van der Waals surface area contributed by atoms with Crippen LogP contribution in [-0.4, -0.2) is 27.1 Å². The van der Waals surface area contributed by atoms with Gasteiger partial charge in [-0.2, -0.15) is 5.10 Å². The number of rotatable bonds is 4. The van der Waals surface area contributed by atoms with E-state index < -0.39 is 0 Å². The summed E-state index contributed by atoms with van der Waals surface area (Å²) in [5.41, 5.74) is 3.06. The van der Waals surface area contributed by atoms with Crippen molar-refractivity contribution in [3.05, 3.63) is 41.5 Å². The van der Waals surface area contributed by atoms with Gasteiger partial charge >= 0.3 is 0 Å². The number of fused-ring (bicyclic) bond motifs is 1. The summed E-state index contributed by atoms with van der Waals surface area (Å²) in [7, 11) is 0. The van der Waals surface area contributed by atoms with Crippen molar-refractivity contribution in [3.63, 3.8) is 0 Å². The first-order valence-electron chi connectivity index (χ1n) is 7.44. The van der Waals surface area contributed by atoms with Gasteiger partial charge in [-0.1, -0.05) is 12.1 Å². The molecule has 0 unspecified atom stereocenters. The van der Waals surface area contributed by atoms with E-state index in [2.05, 4.69) is 15.4 Å². The van der Waals surface area contributed by atoms with Gasteiger partial charge < -0.3 is 5.32 Å². The molecule has 5 nitrogen and oxygen atoms in total. The van der Waals surface area contributed by atoms with Crippen LogP contribution in [0.15, 0.2) is 24.5 Å². The van der Waals surface area contributed by atoms with Crippen LogP contribution in [0.3, 0.4) is 0 Å². The Morgan fingerprint density at radius 2 is 2.29 bits per heavy atom. The van der Waals surface area contributed by atoms with Gasteiger partial charge in [0.1, 0.15) is 12.2 Å². The standard InChI is InChI=1S/C16H20N4O/c1-11(2)20-16(18-10-19-20)9-15(21)13-5-3-7-14-12(13)6-4-8-17-14/h3,5,7,10-11,17H,4,6,8-9H2,1-2H3. The maximum Gasteiger partial charge on any atom is 0.170 e. The highest BCUT2D eigenvalue weighted by molar-refractivity contribution is 5.99. The molecule has 2 aromatic rings. The summed E-state index contributed by atoms with van der Waals surface area (Å²) >= 11 is 0. The zero-order chi connectivity index (χ0) is 14.8. The molecule has 1 aromatic heterocycles. The number of ketones is 1. The van der Waals surface area contributed by atoms with E-state index in [0.717, 1.165) is 42.0 Å². The summed E-state index contributed by atoms with van der Waals surface area (Å²) in [6.07, 6.45) is 3.85. The smallest absolute Gasteiger partial charge is 0.170 e.